The molecule has 1 rings (SSSR count). The summed E-state index contributed by atoms with van der Waals surface area (Å²) in [4.78, 5) is 11.7. The molecule has 1 aromatic rings. The van der Waals surface area contributed by atoms with E-state index < -0.39 is 0 Å². The number of hydrogen-bond acceptors (Lipinski definition) is 1. The van der Waals surface area contributed by atoms with Gasteiger partial charge in [-0.15, -0.1) is 12.3 Å². The standard InChI is InChI=1S/C14H16FNO/c1-3-4-5-6-9-16-14(17)12-7-8-13(15)11(2)10-12/h1,7-8,10H,4-6,9H2,2H3,(H,16,17). The lowest BCUT2D eigenvalue weighted by Gasteiger charge is -2.05. The molecule has 0 radical (unpaired) electrons. The van der Waals surface area contributed by atoms with Crippen LogP contribution >= 0.6 is 0 Å². The average Bonchev–Trinajstić information content (AvgIpc) is 2.32. The Bertz CT molecular complexity index is 434. The van der Waals surface area contributed by atoms with Gasteiger partial charge in [-0.2, -0.15) is 0 Å². The van der Waals surface area contributed by atoms with E-state index in [4.69, 9.17) is 6.42 Å². The maximum atomic E-state index is 13.0. The molecule has 0 fully saturated rings. The first-order valence-electron chi connectivity index (χ1n) is 5.63. The number of benzene rings is 1. The van der Waals surface area contributed by atoms with Crippen LogP contribution in [0.1, 0.15) is 35.2 Å². The maximum absolute atomic E-state index is 13.0. The van der Waals surface area contributed by atoms with Crippen LogP contribution in [0.4, 0.5) is 4.39 Å². The highest BCUT2D eigenvalue weighted by Gasteiger charge is 2.06. The summed E-state index contributed by atoms with van der Waals surface area (Å²) in [6, 6.07) is 4.34. The lowest BCUT2D eigenvalue weighted by molar-refractivity contribution is 0.0953. The van der Waals surface area contributed by atoms with Crippen LogP contribution in [0, 0.1) is 25.1 Å². The zero-order chi connectivity index (χ0) is 12.7. The second kappa shape index (κ2) is 6.70. The third-order valence-electron chi connectivity index (χ3n) is 2.45. The molecule has 0 aliphatic rings. The highest BCUT2D eigenvalue weighted by Crippen LogP contribution is 2.09. The molecular weight excluding hydrogens is 217 g/mol. The van der Waals surface area contributed by atoms with Crippen LogP contribution in [0.5, 0.6) is 0 Å². The van der Waals surface area contributed by atoms with E-state index in [1.165, 1.54) is 12.1 Å². The number of nitrogens with one attached hydrogen (secondary N) is 1. The van der Waals surface area contributed by atoms with E-state index in [-0.39, 0.29) is 11.7 Å². The molecular formula is C14H16FNO. The summed E-state index contributed by atoms with van der Waals surface area (Å²) in [7, 11) is 0. The van der Waals surface area contributed by atoms with Crippen LogP contribution in [0.3, 0.4) is 0 Å². The van der Waals surface area contributed by atoms with Crippen molar-refractivity contribution in [2.24, 2.45) is 0 Å². The Morgan fingerprint density at radius 1 is 1.47 bits per heavy atom. The summed E-state index contributed by atoms with van der Waals surface area (Å²) in [6.07, 6.45) is 7.61. The van der Waals surface area contributed by atoms with Gasteiger partial charge in [-0.05, 0) is 43.5 Å². The number of amides is 1. The monoisotopic (exact) mass is 233 g/mol. The third kappa shape index (κ3) is 4.28. The van der Waals surface area contributed by atoms with E-state index in [1.54, 1.807) is 13.0 Å². The Labute approximate surface area is 101 Å². The Kier molecular flexibility index (Phi) is 5.22. The van der Waals surface area contributed by atoms with Gasteiger partial charge >= 0.3 is 0 Å². The Morgan fingerprint density at radius 2 is 2.24 bits per heavy atom. The van der Waals surface area contributed by atoms with Crippen LogP contribution in [-0.2, 0) is 0 Å². The Morgan fingerprint density at radius 3 is 2.88 bits per heavy atom. The van der Waals surface area contributed by atoms with Crippen LogP contribution < -0.4 is 5.32 Å². The van der Waals surface area contributed by atoms with Crippen molar-refractivity contribution in [3.05, 3.63) is 35.1 Å². The average molecular weight is 233 g/mol. The number of hydrogen-bond donors (Lipinski definition) is 1. The van der Waals surface area contributed by atoms with Gasteiger partial charge in [0.15, 0.2) is 0 Å². The fourth-order valence-electron chi connectivity index (χ4n) is 1.44. The van der Waals surface area contributed by atoms with E-state index in [2.05, 4.69) is 11.2 Å². The molecule has 3 heteroatoms. The first-order valence-corrected chi connectivity index (χ1v) is 5.63. The summed E-state index contributed by atoms with van der Waals surface area (Å²) in [5.41, 5.74) is 0.964. The lowest BCUT2D eigenvalue weighted by atomic mass is 10.1. The number of carbonyl (C=O) groups is 1. The van der Waals surface area contributed by atoms with Gasteiger partial charge in [0.25, 0.3) is 5.91 Å². The number of rotatable bonds is 5. The molecule has 17 heavy (non-hydrogen) atoms. The summed E-state index contributed by atoms with van der Waals surface area (Å²) in [6.45, 7) is 2.23. The predicted octanol–water partition coefficient (Wildman–Crippen LogP) is 2.67. The minimum absolute atomic E-state index is 0.172. The van der Waals surface area contributed by atoms with Crippen LogP contribution in [0.15, 0.2) is 18.2 Å². The summed E-state index contributed by atoms with van der Waals surface area (Å²) < 4.78 is 13.0. The molecule has 0 atom stereocenters. The molecule has 2 nitrogen and oxygen atoms in total. The van der Waals surface area contributed by atoms with E-state index in [0.717, 1.165) is 19.3 Å². The van der Waals surface area contributed by atoms with Crippen LogP contribution in [0.25, 0.3) is 0 Å². The molecule has 0 spiro atoms. The van der Waals surface area contributed by atoms with Gasteiger partial charge in [0.2, 0.25) is 0 Å². The molecule has 0 saturated heterocycles. The summed E-state index contributed by atoms with van der Waals surface area (Å²) >= 11 is 0. The van der Waals surface area contributed by atoms with Gasteiger partial charge in [0, 0.05) is 18.5 Å². The minimum atomic E-state index is -0.296. The minimum Gasteiger partial charge on any atom is -0.352 e. The molecule has 1 N–H and O–H groups in total. The summed E-state index contributed by atoms with van der Waals surface area (Å²) in [5, 5.41) is 2.77. The van der Waals surface area contributed by atoms with Gasteiger partial charge < -0.3 is 5.32 Å². The second-order valence-corrected chi connectivity index (χ2v) is 3.88. The maximum Gasteiger partial charge on any atom is 0.251 e. The summed E-state index contributed by atoms with van der Waals surface area (Å²) in [5.74, 6) is 2.08. The normalized spacial score (nSPS) is 9.71. The number of aryl methyl sites for hydroxylation is 1. The quantitative estimate of drug-likeness (QED) is 0.615. The Balaban J connectivity index is 2.42. The van der Waals surface area contributed by atoms with Crippen molar-refractivity contribution >= 4 is 5.91 Å². The topological polar surface area (TPSA) is 29.1 Å². The van der Waals surface area contributed by atoms with Gasteiger partial charge in [0.05, 0.1) is 0 Å². The van der Waals surface area contributed by atoms with Crippen molar-refractivity contribution in [2.75, 3.05) is 6.54 Å². The van der Waals surface area contributed by atoms with Crippen LogP contribution in [-0.4, -0.2) is 12.5 Å². The number of unbranched alkanes of at least 4 members (excludes halogenated alkanes) is 2. The van der Waals surface area contributed by atoms with Crippen molar-refractivity contribution in [1.82, 2.24) is 5.32 Å². The van der Waals surface area contributed by atoms with Gasteiger partial charge in [-0.1, -0.05) is 0 Å². The van der Waals surface area contributed by atoms with E-state index in [0.29, 0.717) is 17.7 Å². The molecule has 0 unspecified atom stereocenters. The largest absolute Gasteiger partial charge is 0.352 e. The lowest BCUT2D eigenvalue weighted by Crippen LogP contribution is -2.24. The first kappa shape index (κ1) is 13.2. The zero-order valence-electron chi connectivity index (χ0n) is 9.92. The first-order chi connectivity index (χ1) is 8.15. The fourth-order valence-corrected chi connectivity index (χ4v) is 1.44. The third-order valence-corrected chi connectivity index (χ3v) is 2.45. The van der Waals surface area contributed by atoms with Gasteiger partial charge in [0.1, 0.15) is 5.82 Å². The highest BCUT2D eigenvalue weighted by atomic mass is 19.1. The van der Waals surface area contributed by atoms with E-state index >= 15 is 0 Å². The number of carbonyl (C=O) groups excluding carboxylic acids is 1. The molecule has 0 aliphatic carbocycles. The molecule has 0 aliphatic heterocycles. The number of halogens is 1. The molecule has 1 aromatic carbocycles. The van der Waals surface area contributed by atoms with Crippen molar-refractivity contribution in [1.29, 1.82) is 0 Å². The molecule has 1 amide bonds. The smallest absolute Gasteiger partial charge is 0.251 e. The molecule has 0 heterocycles. The van der Waals surface area contributed by atoms with Gasteiger partial charge in [-0.25, -0.2) is 4.39 Å². The van der Waals surface area contributed by atoms with Gasteiger partial charge in [-0.3, -0.25) is 4.79 Å². The Hall–Kier alpha value is -1.82. The second-order valence-electron chi connectivity index (χ2n) is 3.88. The van der Waals surface area contributed by atoms with Crippen molar-refractivity contribution in [2.45, 2.75) is 26.2 Å². The zero-order valence-corrected chi connectivity index (χ0v) is 9.92. The SMILES string of the molecule is C#CCCCCNC(=O)c1ccc(F)c(C)c1. The van der Waals surface area contributed by atoms with E-state index in [1.807, 2.05) is 0 Å². The van der Waals surface area contributed by atoms with Crippen molar-refractivity contribution in [3.63, 3.8) is 0 Å². The molecule has 90 valence electrons. The van der Waals surface area contributed by atoms with Crippen LogP contribution in [0.2, 0.25) is 0 Å². The molecule has 0 bridgehead atoms. The predicted molar refractivity (Wildman–Crippen MR) is 66.2 cm³/mol. The van der Waals surface area contributed by atoms with Crippen molar-refractivity contribution < 1.29 is 9.18 Å². The number of terminal acetylenes is 1. The fraction of sp³-hybridized carbons (Fsp3) is 0.357. The molecule has 0 saturated carbocycles. The van der Waals surface area contributed by atoms with E-state index in [9.17, 15) is 9.18 Å². The highest BCUT2D eigenvalue weighted by molar-refractivity contribution is 5.94. The molecule has 0 aromatic heterocycles. The van der Waals surface area contributed by atoms with Crippen molar-refractivity contribution in [3.8, 4) is 12.3 Å².